The molecular weight excluding hydrogens is 592 g/mol. The van der Waals surface area contributed by atoms with Crippen LogP contribution in [0.15, 0.2) is 46.9 Å². The molecule has 1 N–H and O–H groups in total. The number of amides is 1. The van der Waals surface area contributed by atoms with Gasteiger partial charge in [0.25, 0.3) is 0 Å². The van der Waals surface area contributed by atoms with Gasteiger partial charge < -0.3 is 5.32 Å². The Labute approximate surface area is 209 Å². The number of carbonyl (C=O) groups excluding carboxylic acids is 2. The lowest BCUT2D eigenvalue weighted by atomic mass is 9.99. The Balaban J connectivity index is 2.36. The van der Waals surface area contributed by atoms with Gasteiger partial charge in [-0.3, -0.25) is 9.59 Å². The summed E-state index contributed by atoms with van der Waals surface area (Å²) in [5.41, 5.74) is -3.82. The molecule has 0 unspecified atom stereocenters. The van der Waals surface area contributed by atoms with E-state index in [1.807, 2.05) is 0 Å². The average Bonchev–Trinajstić information content (AvgIpc) is 2.67. The summed E-state index contributed by atoms with van der Waals surface area (Å²) in [7, 11) is -3.55. The van der Waals surface area contributed by atoms with Crippen molar-refractivity contribution in [1.29, 1.82) is 0 Å². The van der Waals surface area contributed by atoms with Gasteiger partial charge in [0, 0.05) is 27.9 Å². The van der Waals surface area contributed by atoms with Gasteiger partial charge >= 0.3 is 12.4 Å². The van der Waals surface area contributed by atoms with Crippen molar-refractivity contribution >= 4 is 54.6 Å². The van der Waals surface area contributed by atoms with Gasteiger partial charge in [0.05, 0.1) is 11.1 Å². The molecule has 2 aromatic carbocycles. The number of carbonyl (C=O) groups is 2. The lowest BCUT2D eigenvalue weighted by molar-refractivity contribution is -0.137. The van der Waals surface area contributed by atoms with Gasteiger partial charge in [-0.05, 0) is 41.5 Å². The number of nitrogens with one attached hydrogen (secondary N) is 1. The van der Waals surface area contributed by atoms with Crippen LogP contribution < -0.4 is 5.32 Å². The molecular formula is C21H15BrClF6NO4S. The number of benzene rings is 2. The van der Waals surface area contributed by atoms with Crippen LogP contribution in [-0.4, -0.2) is 38.3 Å². The van der Waals surface area contributed by atoms with Crippen molar-refractivity contribution in [3.63, 3.8) is 0 Å². The van der Waals surface area contributed by atoms with E-state index in [1.54, 1.807) is 0 Å². The number of rotatable bonds is 7. The molecule has 190 valence electrons. The van der Waals surface area contributed by atoms with Crippen LogP contribution >= 0.6 is 27.5 Å². The highest BCUT2D eigenvalue weighted by molar-refractivity contribution is 9.10. The van der Waals surface area contributed by atoms with Crippen LogP contribution in [0.4, 0.5) is 26.3 Å². The third kappa shape index (κ3) is 8.65. The van der Waals surface area contributed by atoms with Crippen molar-refractivity contribution in [2.24, 2.45) is 0 Å². The lowest BCUT2D eigenvalue weighted by Crippen LogP contribution is -2.29. The van der Waals surface area contributed by atoms with E-state index in [4.69, 9.17) is 11.6 Å². The third-order valence-corrected chi connectivity index (χ3v) is 6.07. The van der Waals surface area contributed by atoms with Crippen molar-refractivity contribution in [1.82, 2.24) is 5.32 Å². The quantitative estimate of drug-likeness (QED) is 0.253. The molecule has 2 aromatic rings. The average molecular weight is 607 g/mol. The first-order chi connectivity index (χ1) is 15.9. The molecule has 35 heavy (non-hydrogen) atoms. The van der Waals surface area contributed by atoms with Crippen LogP contribution in [0.3, 0.4) is 0 Å². The second kappa shape index (κ2) is 10.7. The van der Waals surface area contributed by atoms with Crippen molar-refractivity contribution in [2.45, 2.75) is 18.9 Å². The normalized spacial score (nSPS) is 13.0. The largest absolute Gasteiger partial charge is 0.417 e. The fraction of sp³-hybridized carbons (Fsp3) is 0.238. The van der Waals surface area contributed by atoms with Gasteiger partial charge in [0.15, 0.2) is 15.6 Å². The maximum Gasteiger partial charge on any atom is 0.417 e. The fourth-order valence-electron chi connectivity index (χ4n) is 2.78. The summed E-state index contributed by atoms with van der Waals surface area (Å²) < 4.78 is 102. The number of hydrogen-bond donors (Lipinski definition) is 1. The lowest BCUT2D eigenvalue weighted by Gasteiger charge is -2.15. The summed E-state index contributed by atoms with van der Waals surface area (Å²) in [6, 6.07) is 4.99. The SMILES string of the molecule is CS(=O)(=O)CC(=O)NCc1ccc(C(=O)C=C(c2cc(Cl)cc(C(F)(F)F)c2)C(F)(F)F)cc1Br. The highest BCUT2D eigenvalue weighted by atomic mass is 79.9. The van der Waals surface area contributed by atoms with Crippen LogP contribution in [0, 0.1) is 0 Å². The minimum Gasteiger partial charge on any atom is -0.351 e. The molecule has 14 heteroatoms. The molecule has 0 radical (unpaired) electrons. The van der Waals surface area contributed by atoms with Crippen molar-refractivity contribution < 1.29 is 44.3 Å². The summed E-state index contributed by atoms with van der Waals surface area (Å²) in [5.74, 6) is -2.68. The topological polar surface area (TPSA) is 80.3 Å². The molecule has 0 bridgehead atoms. The number of alkyl halides is 6. The Morgan fingerprint density at radius 3 is 2.17 bits per heavy atom. The third-order valence-electron chi connectivity index (χ3n) is 4.32. The molecule has 0 atom stereocenters. The molecule has 0 fully saturated rings. The minimum absolute atomic E-state index is 0.143. The summed E-state index contributed by atoms with van der Waals surface area (Å²) in [6.45, 7) is -0.143. The fourth-order valence-corrected chi connectivity index (χ4v) is 4.11. The zero-order chi connectivity index (χ0) is 26.8. The molecule has 0 aliphatic heterocycles. The smallest absolute Gasteiger partial charge is 0.351 e. The van der Waals surface area contributed by atoms with Crippen LogP contribution in [0.2, 0.25) is 5.02 Å². The molecule has 1 amide bonds. The Morgan fingerprint density at radius 2 is 1.66 bits per heavy atom. The van der Waals surface area contributed by atoms with E-state index in [2.05, 4.69) is 21.2 Å². The Bertz CT molecular complexity index is 1290. The van der Waals surface area contributed by atoms with E-state index in [0.717, 1.165) is 18.4 Å². The van der Waals surface area contributed by atoms with Crippen molar-refractivity contribution in [2.75, 3.05) is 12.0 Å². The Kier molecular flexibility index (Phi) is 8.83. The van der Waals surface area contributed by atoms with E-state index in [9.17, 15) is 44.3 Å². The van der Waals surface area contributed by atoms with Crippen LogP contribution in [0.1, 0.15) is 27.0 Å². The van der Waals surface area contributed by atoms with E-state index in [0.29, 0.717) is 17.7 Å². The first-order valence-corrected chi connectivity index (χ1v) is 12.5. The first-order valence-electron chi connectivity index (χ1n) is 9.31. The predicted molar refractivity (Wildman–Crippen MR) is 121 cm³/mol. The molecule has 0 aromatic heterocycles. The highest BCUT2D eigenvalue weighted by Gasteiger charge is 2.38. The van der Waals surface area contributed by atoms with E-state index in [-0.39, 0.29) is 28.7 Å². The van der Waals surface area contributed by atoms with Gasteiger partial charge in [-0.2, -0.15) is 26.3 Å². The van der Waals surface area contributed by atoms with Gasteiger partial charge in [0.2, 0.25) is 5.91 Å². The zero-order valence-corrected chi connectivity index (χ0v) is 20.7. The number of allylic oxidation sites excluding steroid dienone is 2. The molecule has 0 heterocycles. The van der Waals surface area contributed by atoms with Gasteiger partial charge in [-0.15, -0.1) is 0 Å². The second-order valence-corrected chi connectivity index (χ2v) is 10.7. The predicted octanol–water partition coefficient (Wildman–Crippen LogP) is 5.61. The molecule has 5 nitrogen and oxygen atoms in total. The number of halogens is 8. The molecule has 0 saturated heterocycles. The van der Waals surface area contributed by atoms with E-state index < -0.39 is 61.4 Å². The summed E-state index contributed by atoms with van der Waals surface area (Å²) >= 11 is 8.69. The van der Waals surface area contributed by atoms with E-state index >= 15 is 0 Å². The standard InChI is InChI=1S/C21H15BrClF6NO4S/c1-35(33,34)10-19(32)30-9-12-3-2-11(6-17(12)22)18(31)8-16(21(27,28)29)13-4-14(20(24,25)26)7-15(23)5-13/h2-8H,9-10H2,1H3,(H,30,32). The molecule has 0 spiro atoms. The van der Waals surface area contributed by atoms with Gasteiger partial charge in [-0.1, -0.05) is 39.7 Å². The van der Waals surface area contributed by atoms with Gasteiger partial charge in [-0.25, -0.2) is 8.42 Å². The summed E-state index contributed by atoms with van der Waals surface area (Å²) in [4.78, 5) is 24.2. The number of sulfone groups is 1. The summed E-state index contributed by atoms with van der Waals surface area (Å²) in [6.07, 6.45) is -9.10. The van der Waals surface area contributed by atoms with Crippen LogP contribution in [0.5, 0.6) is 0 Å². The monoisotopic (exact) mass is 605 g/mol. The maximum absolute atomic E-state index is 13.6. The zero-order valence-electron chi connectivity index (χ0n) is 17.5. The summed E-state index contributed by atoms with van der Waals surface area (Å²) in [5, 5.41) is 1.75. The van der Waals surface area contributed by atoms with Crippen LogP contribution in [-0.2, 0) is 27.4 Å². The second-order valence-electron chi connectivity index (χ2n) is 7.30. The highest BCUT2D eigenvalue weighted by Crippen LogP contribution is 2.39. The number of ketones is 1. The van der Waals surface area contributed by atoms with Crippen LogP contribution in [0.25, 0.3) is 5.57 Å². The van der Waals surface area contributed by atoms with Crippen molar-refractivity contribution in [3.05, 3.63) is 74.2 Å². The van der Waals surface area contributed by atoms with E-state index in [1.165, 1.54) is 6.07 Å². The molecule has 0 saturated carbocycles. The van der Waals surface area contributed by atoms with Gasteiger partial charge in [0.1, 0.15) is 5.75 Å². The molecule has 2 rings (SSSR count). The molecule has 0 aliphatic carbocycles. The van der Waals surface area contributed by atoms with Crippen molar-refractivity contribution in [3.8, 4) is 0 Å². The first kappa shape index (κ1) is 28.9. The minimum atomic E-state index is -5.18. The Hall–Kier alpha value is -2.38. The Morgan fingerprint density at radius 1 is 1.03 bits per heavy atom. The number of hydrogen-bond acceptors (Lipinski definition) is 4. The maximum atomic E-state index is 13.6. The molecule has 0 aliphatic rings.